The van der Waals surface area contributed by atoms with Crippen molar-refractivity contribution in [2.45, 2.75) is 12.6 Å². The number of hydrogen-bond donors (Lipinski definition) is 1. The fourth-order valence-corrected chi connectivity index (χ4v) is 3.12. The summed E-state index contributed by atoms with van der Waals surface area (Å²) < 4.78 is 53.3. The molecule has 1 saturated heterocycles. The van der Waals surface area contributed by atoms with Crippen LogP contribution in [0.2, 0.25) is 0 Å². The van der Waals surface area contributed by atoms with Gasteiger partial charge in [-0.05, 0) is 36.8 Å². The molecule has 29 heavy (non-hydrogen) atoms. The topological polar surface area (TPSA) is 65.5 Å². The van der Waals surface area contributed by atoms with Gasteiger partial charge >= 0.3 is 6.18 Å². The van der Waals surface area contributed by atoms with Gasteiger partial charge in [0.25, 0.3) is 11.8 Å². The zero-order valence-electron chi connectivity index (χ0n) is 15.5. The minimum atomic E-state index is -4.77. The molecular formula is C19H18F4N4O2. The van der Waals surface area contributed by atoms with Gasteiger partial charge in [-0.3, -0.25) is 9.59 Å². The third-order valence-electron chi connectivity index (χ3n) is 4.56. The van der Waals surface area contributed by atoms with Crippen molar-refractivity contribution >= 4 is 17.6 Å². The Kier molecular flexibility index (Phi) is 5.71. The second-order valence-electron chi connectivity index (χ2n) is 6.50. The lowest BCUT2D eigenvalue weighted by Gasteiger charge is -2.36. The SMILES string of the molecule is CNC(=O)c1ccc(N2CCCN(C(=O)c3cc(F)ccc3C(F)(F)F)C2)nc1. The number of aromatic nitrogens is 1. The molecule has 1 aromatic carbocycles. The lowest BCUT2D eigenvalue weighted by atomic mass is 10.0. The highest BCUT2D eigenvalue weighted by atomic mass is 19.4. The van der Waals surface area contributed by atoms with Crippen LogP contribution in [0.1, 0.15) is 32.7 Å². The first kappa shape index (κ1) is 20.6. The Morgan fingerprint density at radius 2 is 1.90 bits per heavy atom. The highest BCUT2D eigenvalue weighted by molar-refractivity contribution is 5.96. The summed E-state index contributed by atoms with van der Waals surface area (Å²) in [6, 6.07) is 5.03. The second kappa shape index (κ2) is 8.06. The molecule has 1 fully saturated rings. The van der Waals surface area contributed by atoms with Crippen LogP contribution in [-0.4, -0.2) is 48.5 Å². The van der Waals surface area contributed by atoms with E-state index in [4.69, 9.17) is 0 Å². The Balaban J connectivity index is 1.82. The molecule has 2 aromatic rings. The van der Waals surface area contributed by atoms with Gasteiger partial charge in [-0.15, -0.1) is 0 Å². The van der Waals surface area contributed by atoms with Crippen molar-refractivity contribution in [1.82, 2.24) is 15.2 Å². The van der Waals surface area contributed by atoms with Crippen molar-refractivity contribution in [3.63, 3.8) is 0 Å². The molecule has 2 amide bonds. The number of amides is 2. The number of nitrogens with zero attached hydrogens (tertiary/aromatic N) is 3. The van der Waals surface area contributed by atoms with Crippen LogP contribution in [0.15, 0.2) is 36.5 Å². The van der Waals surface area contributed by atoms with Crippen LogP contribution in [0, 0.1) is 5.82 Å². The summed E-state index contributed by atoms with van der Waals surface area (Å²) in [4.78, 5) is 31.5. The van der Waals surface area contributed by atoms with Crippen molar-refractivity contribution in [3.8, 4) is 0 Å². The number of carbonyl (C=O) groups is 2. The van der Waals surface area contributed by atoms with Gasteiger partial charge in [-0.1, -0.05) is 0 Å². The number of hydrogen-bond acceptors (Lipinski definition) is 4. The molecule has 1 aliphatic rings. The average Bonchev–Trinajstić information content (AvgIpc) is 2.72. The fraction of sp³-hybridized carbons (Fsp3) is 0.316. The Bertz CT molecular complexity index is 915. The Morgan fingerprint density at radius 3 is 2.52 bits per heavy atom. The summed E-state index contributed by atoms with van der Waals surface area (Å²) in [5.41, 5.74) is -1.54. The zero-order chi connectivity index (χ0) is 21.2. The number of nitrogens with one attached hydrogen (secondary N) is 1. The number of anilines is 1. The van der Waals surface area contributed by atoms with E-state index in [1.807, 2.05) is 0 Å². The number of halogens is 4. The average molecular weight is 410 g/mol. The van der Waals surface area contributed by atoms with E-state index in [9.17, 15) is 27.2 Å². The van der Waals surface area contributed by atoms with Crippen molar-refractivity contribution in [2.75, 3.05) is 31.7 Å². The van der Waals surface area contributed by atoms with E-state index in [-0.39, 0.29) is 19.1 Å². The van der Waals surface area contributed by atoms with E-state index in [0.29, 0.717) is 42.5 Å². The predicted octanol–water partition coefficient (Wildman–Crippen LogP) is 2.91. The summed E-state index contributed by atoms with van der Waals surface area (Å²) in [6.07, 6.45) is -2.89. The van der Waals surface area contributed by atoms with E-state index >= 15 is 0 Å². The molecule has 1 N–H and O–H groups in total. The third kappa shape index (κ3) is 4.47. The lowest BCUT2D eigenvalue weighted by Crippen LogP contribution is -2.48. The third-order valence-corrected chi connectivity index (χ3v) is 4.56. The minimum Gasteiger partial charge on any atom is -0.355 e. The Labute approximate surface area is 164 Å². The van der Waals surface area contributed by atoms with Crippen molar-refractivity contribution in [3.05, 3.63) is 59.0 Å². The second-order valence-corrected chi connectivity index (χ2v) is 6.50. The van der Waals surface area contributed by atoms with Crippen LogP contribution >= 0.6 is 0 Å². The molecule has 0 aliphatic carbocycles. The summed E-state index contributed by atoms with van der Waals surface area (Å²) in [5, 5.41) is 2.47. The van der Waals surface area contributed by atoms with E-state index in [1.165, 1.54) is 18.1 Å². The molecule has 2 heterocycles. The molecule has 0 radical (unpaired) electrons. The molecule has 3 rings (SSSR count). The molecule has 0 saturated carbocycles. The normalized spacial score (nSPS) is 14.7. The van der Waals surface area contributed by atoms with E-state index in [1.54, 1.807) is 17.0 Å². The summed E-state index contributed by atoms with van der Waals surface area (Å²) in [5.74, 6) is -1.64. The summed E-state index contributed by atoms with van der Waals surface area (Å²) in [7, 11) is 1.49. The first-order valence-electron chi connectivity index (χ1n) is 8.80. The van der Waals surface area contributed by atoms with Crippen LogP contribution < -0.4 is 10.2 Å². The van der Waals surface area contributed by atoms with Gasteiger partial charge in [0, 0.05) is 26.3 Å². The largest absolute Gasteiger partial charge is 0.417 e. The maximum Gasteiger partial charge on any atom is 0.417 e. The van der Waals surface area contributed by atoms with Crippen LogP contribution in [0.4, 0.5) is 23.4 Å². The molecule has 6 nitrogen and oxygen atoms in total. The molecular weight excluding hydrogens is 392 g/mol. The summed E-state index contributed by atoms with van der Waals surface area (Å²) >= 11 is 0. The first-order chi connectivity index (χ1) is 13.7. The number of carbonyl (C=O) groups excluding carboxylic acids is 2. The quantitative estimate of drug-likeness (QED) is 0.791. The smallest absolute Gasteiger partial charge is 0.355 e. The van der Waals surface area contributed by atoms with Gasteiger partial charge in [0.15, 0.2) is 0 Å². The molecule has 1 aromatic heterocycles. The van der Waals surface area contributed by atoms with Gasteiger partial charge in [0.1, 0.15) is 11.6 Å². The van der Waals surface area contributed by atoms with E-state index < -0.39 is 29.0 Å². The van der Waals surface area contributed by atoms with E-state index in [2.05, 4.69) is 10.3 Å². The van der Waals surface area contributed by atoms with Crippen molar-refractivity contribution < 1.29 is 27.2 Å². The maximum atomic E-state index is 13.5. The van der Waals surface area contributed by atoms with E-state index in [0.717, 1.165) is 0 Å². The Morgan fingerprint density at radius 1 is 1.14 bits per heavy atom. The standard InChI is InChI=1S/C19H18F4N4O2/c1-24-17(28)12-3-6-16(25-10-12)26-7-2-8-27(11-26)18(29)14-9-13(20)4-5-15(14)19(21,22)23/h3-6,9-10H,2,7-8,11H2,1H3,(H,24,28). The van der Waals surface area contributed by atoms with Gasteiger partial charge in [-0.2, -0.15) is 13.2 Å². The molecule has 154 valence electrons. The van der Waals surface area contributed by atoms with Crippen molar-refractivity contribution in [2.24, 2.45) is 0 Å². The molecule has 0 bridgehead atoms. The zero-order valence-corrected chi connectivity index (χ0v) is 15.5. The molecule has 10 heteroatoms. The van der Waals surface area contributed by atoms with Crippen LogP contribution in [0.25, 0.3) is 0 Å². The molecule has 0 atom stereocenters. The van der Waals surface area contributed by atoms with Gasteiger partial charge in [-0.25, -0.2) is 9.37 Å². The van der Waals surface area contributed by atoms with Crippen LogP contribution in [0.3, 0.4) is 0 Å². The summed E-state index contributed by atoms with van der Waals surface area (Å²) in [6.45, 7) is 0.768. The van der Waals surface area contributed by atoms with Crippen LogP contribution in [-0.2, 0) is 6.18 Å². The number of pyridine rings is 1. The Hall–Kier alpha value is -3.17. The fourth-order valence-electron chi connectivity index (χ4n) is 3.12. The van der Waals surface area contributed by atoms with Gasteiger partial charge in [0.2, 0.25) is 0 Å². The highest BCUT2D eigenvalue weighted by Crippen LogP contribution is 2.33. The maximum absolute atomic E-state index is 13.5. The highest BCUT2D eigenvalue weighted by Gasteiger charge is 2.37. The lowest BCUT2D eigenvalue weighted by molar-refractivity contribution is -0.138. The minimum absolute atomic E-state index is 0.00103. The van der Waals surface area contributed by atoms with Gasteiger partial charge < -0.3 is 15.1 Å². The molecule has 1 aliphatic heterocycles. The van der Waals surface area contributed by atoms with Gasteiger partial charge in [0.05, 0.1) is 23.4 Å². The van der Waals surface area contributed by atoms with Crippen molar-refractivity contribution in [1.29, 1.82) is 0 Å². The number of rotatable bonds is 3. The first-order valence-corrected chi connectivity index (χ1v) is 8.80. The molecule has 0 unspecified atom stereocenters. The monoisotopic (exact) mass is 410 g/mol. The van der Waals surface area contributed by atoms with Crippen LogP contribution in [0.5, 0.6) is 0 Å². The molecule has 0 spiro atoms. The number of alkyl halides is 3. The number of benzene rings is 1. The predicted molar refractivity (Wildman–Crippen MR) is 96.9 cm³/mol.